The van der Waals surface area contributed by atoms with Gasteiger partial charge in [-0.1, -0.05) is 11.3 Å². The van der Waals surface area contributed by atoms with Gasteiger partial charge in [0.2, 0.25) is 0 Å². The third-order valence-electron chi connectivity index (χ3n) is 3.24. The molecule has 0 amide bonds. The molecule has 10 heteroatoms. The van der Waals surface area contributed by atoms with Crippen molar-refractivity contribution in [1.82, 2.24) is 4.31 Å². The van der Waals surface area contributed by atoms with Gasteiger partial charge in [-0.15, -0.1) is 0 Å². The first-order chi connectivity index (χ1) is 9.86. The van der Waals surface area contributed by atoms with E-state index in [2.05, 4.69) is 5.32 Å². The minimum Gasteiger partial charge on any atom is -0.393 e. The predicted octanol–water partition coefficient (Wildman–Crippen LogP) is 1.23. The van der Waals surface area contributed by atoms with Crippen molar-refractivity contribution in [3.05, 3.63) is 16.2 Å². The third kappa shape index (κ3) is 3.34. The number of hydrogen-bond donors (Lipinski definition) is 2. The van der Waals surface area contributed by atoms with Crippen LogP contribution in [-0.2, 0) is 10.0 Å². The number of aliphatic hydroxyl groups excluding tert-OH is 1. The van der Waals surface area contributed by atoms with Crippen LogP contribution >= 0.6 is 11.3 Å². The zero-order chi connectivity index (χ0) is 15.6. The maximum atomic E-state index is 12.5. The van der Waals surface area contributed by atoms with E-state index in [1.54, 1.807) is 6.92 Å². The molecular weight excluding hydrogens is 318 g/mol. The smallest absolute Gasteiger partial charge is 0.304 e. The molecule has 0 radical (unpaired) electrons. The van der Waals surface area contributed by atoms with E-state index in [4.69, 9.17) is 0 Å². The monoisotopic (exact) mass is 335 g/mol. The van der Waals surface area contributed by atoms with E-state index >= 15 is 0 Å². The highest BCUT2D eigenvalue weighted by atomic mass is 32.2. The van der Waals surface area contributed by atoms with Gasteiger partial charge >= 0.3 is 5.69 Å². The zero-order valence-electron chi connectivity index (χ0n) is 11.5. The second-order valence-electron chi connectivity index (χ2n) is 4.70. The van der Waals surface area contributed by atoms with Gasteiger partial charge in [0.25, 0.3) is 10.0 Å². The Kier molecular flexibility index (Phi) is 4.81. The first-order valence-electron chi connectivity index (χ1n) is 6.56. The first kappa shape index (κ1) is 16.1. The highest BCUT2D eigenvalue weighted by Gasteiger charge is 2.33. The maximum absolute atomic E-state index is 12.5. The van der Waals surface area contributed by atoms with E-state index in [0.29, 0.717) is 19.4 Å². The molecule has 0 aliphatic carbocycles. The second kappa shape index (κ2) is 6.26. The van der Waals surface area contributed by atoms with E-state index < -0.39 is 21.1 Å². The molecule has 1 aromatic heterocycles. The van der Waals surface area contributed by atoms with Crippen molar-refractivity contribution >= 4 is 32.0 Å². The van der Waals surface area contributed by atoms with Crippen molar-refractivity contribution in [2.45, 2.75) is 30.1 Å². The molecule has 21 heavy (non-hydrogen) atoms. The van der Waals surface area contributed by atoms with E-state index in [0.717, 1.165) is 17.4 Å². The van der Waals surface area contributed by atoms with Gasteiger partial charge < -0.3 is 10.4 Å². The Hall–Kier alpha value is -1.23. The number of nitrogens with zero attached hydrogens (tertiary/aromatic N) is 2. The molecule has 2 N–H and O–H groups in total. The lowest BCUT2D eigenvalue weighted by Gasteiger charge is -2.28. The van der Waals surface area contributed by atoms with Gasteiger partial charge in [-0.2, -0.15) is 4.31 Å². The lowest BCUT2D eigenvalue weighted by molar-refractivity contribution is -0.383. The average Bonchev–Trinajstić information content (AvgIpc) is 2.84. The van der Waals surface area contributed by atoms with Crippen LogP contribution in [0.5, 0.6) is 0 Å². The predicted molar refractivity (Wildman–Crippen MR) is 79.1 cm³/mol. The van der Waals surface area contributed by atoms with Crippen LogP contribution in [0.3, 0.4) is 0 Å². The van der Waals surface area contributed by atoms with Crippen LogP contribution in [0.2, 0.25) is 0 Å². The molecule has 1 aromatic rings. The fourth-order valence-electron chi connectivity index (χ4n) is 2.12. The topological polar surface area (TPSA) is 113 Å². The first-order valence-corrected chi connectivity index (χ1v) is 8.82. The van der Waals surface area contributed by atoms with E-state index in [1.165, 1.54) is 4.31 Å². The SMILES string of the molecule is CCNc1sc(S(=O)(=O)N2CCC(O)CC2)cc1[N+](=O)[O-]. The summed E-state index contributed by atoms with van der Waals surface area (Å²) in [5, 5.41) is 23.5. The number of aliphatic hydroxyl groups is 1. The summed E-state index contributed by atoms with van der Waals surface area (Å²) in [4.78, 5) is 10.4. The van der Waals surface area contributed by atoms with Crippen LogP contribution < -0.4 is 5.32 Å². The number of sulfonamides is 1. The molecule has 1 aliphatic heterocycles. The number of nitrogens with one attached hydrogen (secondary N) is 1. The van der Waals surface area contributed by atoms with E-state index in [9.17, 15) is 23.6 Å². The van der Waals surface area contributed by atoms with Gasteiger partial charge in [-0.25, -0.2) is 8.42 Å². The molecule has 1 fully saturated rings. The number of rotatable bonds is 5. The van der Waals surface area contributed by atoms with Gasteiger partial charge in [0, 0.05) is 25.7 Å². The number of piperidine rings is 1. The minimum absolute atomic E-state index is 0.0402. The molecule has 2 rings (SSSR count). The zero-order valence-corrected chi connectivity index (χ0v) is 13.1. The highest BCUT2D eigenvalue weighted by molar-refractivity contribution is 7.91. The molecule has 0 atom stereocenters. The minimum atomic E-state index is -3.74. The quantitative estimate of drug-likeness (QED) is 0.618. The van der Waals surface area contributed by atoms with Crippen LogP contribution in [0.25, 0.3) is 0 Å². The van der Waals surface area contributed by atoms with Gasteiger partial charge in [-0.05, 0) is 19.8 Å². The summed E-state index contributed by atoms with van der Waals surface area (Å²) in [6.07, 6.45) is 0.283. The maximum Gasteiger partial charge on any atom is 0.304 e. The fourth-order valence-corrected chi connectivity index (χ4v) is 5.14. The molecule has 8 nitrogen and oxygen atoms in total. The molecule has 0 bridgehead atoms. The lowest BCUT2D eigenvalue weighted by atomic mass is 10.1. The molecular formula is C11H17N3O5S2. The van der Waals surface area contributed by atoms with E-state index in [1.807, 2.05) is 0 Å². The Balaban J connectivity index is 2.32. The van der Waals surface area contributed by atoms with Crippen molar-refractivity contribution in [1.29, 1.82) is 0 Å². The second-order valence-corrected chi connectivity index (χ2v) is 7.92. The van der Waals surface area contributed by atoms with Crippen LogP contribution in [0, 0.1) is 10.1 Å². The Bertz CT molecular complexity index is 620. The summed E-state index contributed by atoms with van der Waals surface area (Å²) in [5.74, 6) is 0. The summed E-state index contributed by atoms with van der Waals surface area (Å²) in [6, 6.07) is 1.10. The van der Waals surface area contributed by atoms with Crippen LogP contribution in [0.1, 0.15) is 19.8 Å². The van der Waals surface area contributed by atoms with Crippen molar-refractivity contribution in [3.8, 4) is 0 Å². The molecule has 0 spiro atoms. The molecule has 1 aliphatic rings. The van der Waals surface area contributed by atoms with Crippen molar-refractivity contribution < 1.29 is 18.4 Å². The standard InChI is InChI=1S/C11H17N3O5S2/c1-2-12-11-9(14(16)17)7-10(20-11)21(18,19)13-5-3-8(15)4-6-13/h7-8,12,15H,2-6H2,1H3. The fraction of sp³-hybridized carbons (Fsp3) is 0.636. The van der Waals surface area contributed by atoms with Gasteiger partial charge in [0.1, 0.15) is 4.21 Å². The summed E-state index contributed by atoms with van der Waals surface area (Å²) in [6.45, 7) is 2.71. The number of thiophene rings is 1. The third-order valence-corrected chi connectivity index (χ3v) is 6.67. The van der Waals surface area contributed by atoms with E-state index in [-0.39, 0.29) is 28.0 Å². The number of nitro groups is 1. The summed E-state index contributed by atoms with van der Waals surface area (Å²) >= 11 is 0.869. The Morgan fingerprint density at radius 2 is 2.14 bits per heavy atom. The largest absolute Gasteiger partial charge is 0.393 e. The molecule has 2 heterocycles. The average molecular weight is 335 g/mol. The number of anilines is 1. The Morgan fingerprint density at radius 3 is 2.67 bits per heavy atom. The Labute approximate surface area is 126 Å². The number of hydrogen-bond acceptors (Lipinski definition) is 7. The molecule has 0 aromatic carbocycles. The molecule has 118 valence electrons. The summed E-state index contributed by atoms with van der Waals surface area (Å²) in [5.41, 5.74) is -0.225. The van der Waals surface area contributed by atoms with Crippen LogP contribution in [-0.4, -0.2) is 48.5 Å². The van der Waals surface area contributed by atoms with Gasteiger partial charge in [-0.3, -0.25) is 10.1 Å². The van der Waals surface area contributed by atoms with Crippen molar-refractivity contribution in [3.63, 3.8) is 0 Å². The van der Waals surface area contributed by atoms with Crippen molar-refractivity contribution in [2.24, 2.45) is 0 Å². The normalized spacial score (nSPS) is 17.8. The van der Waals surface area contributed by atoms with Gasteiger partial charge in [0.05, 0.1) is 11.0 Å². The lowest BCUT2D eigenvalue weighted by Crippen LogP contribution is -2.39. The van der Waals surface area contributed by atoms with Gasteiger partial charge in [0.15, 0.2) is 5.00 Å². The molecule has 0 unspecified atom stereocenters. The van der Waals surface area contributed by atoms with Crippen molar-refractivity contribution in [2.75, 3.05) is 25.0 Å². The summed E-state index contributed by atoms with van der Waals surface area (Å²) in [7, 11) is -3.74. The van der Waals surface area contributed by atoms with Crippen LogP contribution in [0.15, 0.2) is 10.3 Å². The molecule has 0 saturated carbocycles. The summed E-state index contributed by atoms with van der Waals surface area (Å²) < 4.78 is 26.2. The highest BCUT2D eigenvalue weighted by Crippen LogP contribution is 2.38. The Morgan fingerprint density at radius 1 is 1.52 bits per heavy atom. The van der Waals surface area contributed by atoms with Crippen LogP contribution in [0.4, 0.5) is 10.7 Å². The molecule has 1 saturated heterocycles.